The van der Waals surface area contributed by atoms with E-state index >= 15 is 0 Å². The van der Waals surface area contributed by atoms with Crippen LogP contribution in [0.3, 0.4) is 0 Å². The van der Waals surface area contributed by atoms with Crippen LogP contribution in [-0.4, -0.2) is 43.6 Å². The Balaban J connectivity index is 1.24. The molecule has 1 saturated heterocycles. The van der Waals surface area contributed by atoms with Crippen molar-refractivity contribution < 1.29 is 9.18 Å². The molecular formula is C23H22FN5O. The third kappa shape index (κ3) is 3.58. The average molecular weight is 403 g/mol. The third-order valence-electron chi connectivity index (χ3n) is 5.90. The van der Waals surface area contributed by atoms with Gasteiger partial charge in [0.25, 0.3) is 5.91 Å². The standard InChI is InChI=1S/C23H22FN5O/c24-20-3-1-17(2-4-20)23(30)28-8-5-16(6-9-28)15-29-10-7-18-11-21(25-14-22(18)29)19-12-26-27-13-19/h1-4,7,10-14,16H,5-6,8-9,15H2,(H,26,27). The number of H-pyrrole nitrogens is 1. The maximum absolute atomic E-state index is 13.1. The van der Waals surface area contributed by atoms with Gasteiger partial charge in [0.15, 0.2) is 0 Å². The fraction of sp³-hybridized carbons (Fsp3) is 0.261. The predicted molar refractivity (Wildman–Crippen MR) is 112 cm³/mol. The lowest BCUT2D eigenvalue weighted by Crippen LogP contribution is -2.39. The quantitative estimate of drug-likeness (QED) is 0.557. The number of hydrogen-bond donors (Lipinski definition) is 1. The highest BCUT2D eigenvalue weighted by Crippen LogP contribution is 2.26. The summed E-state index contributed by atoms with van der Waals surface area (Å²) in [5.74, 6) is 0.165. The van der Waals surface area contributed by atoms with E-state index in [2.05, 4.69) is 38.1 Å². The molecule has 1 aromatic carbocycles. The van der Waals surface area contributed by atoms with Gasteiger partial charge in [0, 0.05) is 48.5 Å². The molecule has 4 aromatic rings. The first-order chi connectivity index (χ1) is 14.7. The first kappa shape index (κ1) is 18.5. The van der Waals surface area contributed by atoms with Crippen LogP contribution >= 0.6 is 0 Å². The number of hydrogen-bond acceptors (Lipinski definition) is 3. The first-order valence-electron chi connectivity index (χ1n) is 10.2. The lowest BCUT2D eigenvalue weighted by atomic mass is 9.96. The van der Waals surface area contributed by atoms with Crippen LogP contribution in [0.5, 0.6) is 0 Å². The van der Waals surface area contributed by atoms with Gasteiger partial charge < -0.3 is 9.47 Å². The molecule has 1 aliphatic heterocycles. The molecule has 6 nitrogen and oxygen atoms in total. The van der Waals surface area contributed by atoms with Crippen LogP contribution in [0.4, 0.5) is 4.39 Å². The number of carbonyl (C=O) groups excluding carboxylic acids is 1. The molecule has 0 radical (unpaired) electrons. The molecule has 0 bridgehead atoms. The highest BCUT2D eigenvalue weighted by Gasteiger charge is 2.24. The second kappa shape index (κ2) is 7.74. The minimum Gasteiger partial charge on any atom is -0.346 e. The number of rotatable bonds is 4. The van der Waals surface area contributed by atoms with E-state index in [-0.39, 0.29) is 11.7 Å². The molecule has 1 fully saturated rings. The van der Waals surface area contributed by atoms with Gasteiger partial charge in [-0.25, -0.2) is 4.39 Å². The van der Waals surface area contributed by atoms with Gasteiger partial charge in [-0.15, -0.1) is 0 Å². The molecule has 30 heavy (non-hydrogen) atoms. The van der Waals surface area contributed by atoms with E-state index in [0.717, 1.165) is 54.6 Å². The van der Waals surface area contributed by atoms with Crippen molar-refractivity contribution in [3.05, 3.63) is 72.6 Å². The van der Waals surface area contributed by atoms with Crippen molar-refractivity contribution in [3.8, 4) is 11.3 Å². The van der Waals surface area contributed by atoms with Crippen LogP contribution in [-0.2, 0) is 6.54 Å². The van der Waals surface area contributed by atoms with Gasteiger partial charge in [-0.1, -0.05) is 0 Å². The Morgan fingerprint density at radius 1 is 1.13 bits per heavy atom. The second-order valence-corrected chi connectivity index (χ2v) is 7.83. The molecule has 4 heterocycles. The summed E-state index contributed by atoms with van der Waals surface area (Å²) in [6.45, 7) is 2.36. The number of nitrogens with one attached hydrogen (secondary N) is 1. The number of benzene rings is 1. The molecular weight excluding hydrogens is 381 g/mol. The fourth-order valence-corrected chi connectivity index (χ4v) is 4.17. The van der Waals surface area contributed by atoms with Crippen molar-refractivity contribution in [2.75, 3.05) is 13.1 Å². The smallest absolute Gasteiger partial charge is 0.253 e. The van der Waals surface area contributed by atoms with E-state index in [1.54, 1.807) is 18.3 Å². The maximum Gasteiger partial charge on any atom is 0.253 e. The lowest BCUT2D eigenvalue weighted by molar-refractivity contribution is 0.0683. The van der Waals surface area contributed by atoms with Crippen LogP contribution in [0.25, 0.3) is 22.2 Å². The fourth-order valence-electron chi connectivity index (χ4n) is 4.17. The third-order valence-corrected chi connectivity index (χ3v) is 5.90. The zero-order valence-electron chi connectivity index (χ0n) is 16.5. The molecule has 0 unspecified atom stereocenters. The van der Waals surface area contributed by atoms with Gasteiger partial charge in [-0.05, 0) is 55.2 Å². The number of piperidine rings is 1. The topological polar surface area (TPSA) is 66.8 Å². The van der Waals surface area contributed by atoms with Crippen LogP contribution in [0.2, 0.25) is 0 Å². The minimum absolute atomic E-state index is 0.0177. The summed E-state index contributed by atoms with van der Waals surface area (Å²) in [4.78, 5) is 19.1. The van der Waals surface area contributed by atoms with Crippen molar-refractivity contribution in [2.45, 2.75) is 19.4 Å². The lowest BCUT2D eigenvalue weighted by Gasteiger charge is -2.32. The summed E-state index contributed by atoms with van der Waals surface area (Å²) in [7, 11) is 0. The Morgan fingerprint density at radius 3 is 2.67 bits per heavy atom. The maximum atomic E-state index is 13.1. The Labute approximate surface area is 173 Å². The zero-order chi connectivity index (χ0) is 20.5. The summed E-state index contributed by atoms with van der Waals surface area (Å²) in [6, 6.07) is 9.99. The average Bonchev–Trinajstić information content (AvgIpc) is 3.45. The number of carbonyl (C=O) groups is 1. The molecule has 0 atom stereocenters. The molecule has 0 aliphatic carbocycles. The number of aromatic amines is 1. The Bertz CT molecular complexity index is 1160. The van der Waals surface area contributed by atoms with Crippen molar-refractivity contribution >= 4 is 16.8 Å². The summed E-state index contributed by atoms with van der Waals surface area (Å²) < 4.78 is 15.3. The van der Waals surface area contributed by atoms with Crippen LogP contribution < -0.4 is 0 Å². The van der Waals surface area contributed by atoms with Gasteiger partial charge in [-0.3, -0.25) is 14.9 Å². The summed E-state index contributed by atoms with van der Waals surface area (Å²) in [6.07, 6.45) is 9.55. The highest BCUT2D eigenvalue weighted by atomic mass is 19.1. The SMILES string of the molecule is O=C(c1ccc(F)cc1)N1CCC(Cn2ccc3cc(-c4cn[nH]c4)ncc32)CC1. The van der Waals surface area contributed by atoms with E-state index in [9.17, 15) is 9.18 Å². The van der Waals surface area contributed by atoms with Crippen LogP contribution in [0.15, 0.2) is 61.2 Å². The Kier molecular flexibility index (Phi) is 4.78. The van der Waals surface area contributed by atoms with Gasteiger partial charge >= 0.3 is 0 Å². The highest BCUT2D eigenvalue weighted by molar-refractivity contribution is 5.94. The Hall–Kier alpha value is -3.48. The predicted octanol–water partition coefficient (Wildman–Crippen LogP) is 4.12. The van der Waals surface area contributed by atoms with Crippen molar-refractivity contribution in [2.24, 2.45) is 5.92 Å². The van der Waals surface area contributed by atoms with E-state index in [0.29, 0.717) is 11.5 Å². The van der Waals surface area contributed by atoms with Crippen molar-refractivity contribution in [1.82, 2.24) is 24.6 Å². The number of aromatic nitrogens is 4. The van der Waals surface area contributed by atoms with E-state index in [1.807, 2.05) is 17.3 Å². The molecule has 5 rings (SSSR count). The first-order valence-corrected chi connectivity index (χ1v) is 10.2. The Morgan fingerprint density at radius 2 is 1.93 bits per heavy atom. The van der Waals surface area contributed by atoms with E-state index in [1.165, 1.54) is 12.1 Å². The number of nitrogens with zero attached hydrogens (tertiary/aromatic N) is 4. The number of pyridine rings is 1. The minimum atomic E-state index is -0.324. The van der Waals surface area contributed by atoms with Gasteiger partial charge in [0.05, 0.1) is 23.6 Å². The molecule has 1 amide bonds. The molecule has 1 N–H and O–H groups in total. The number of likely N-dealkylation sites (tertiary alicyclic amines) is 1. The number of halogens is 1. The number of fused-ring (bicyclic) bond motifs is 1. The summed E-state index contributed by atoms with van der Waals surface area (Å²) >= 11 is 0. The molecule has 7 heteroatoms. The molecule has 0 saturated carbocycles. The monoisotopic (exact) mass is 403 g/mol. The van der Waals surface area contributed by atoms with Gasteiger partial charge in [0.1, 0.15) is 5.82 Å². The van der Waals surface area contributed by atoms with Crippen LogP contribution in [0, 0.1) is 11.7 Å². The number of amides is 1. The normalized spacial score (nSPS) is 15.0. The summed E-state index contributed by atoms with van der Waals surface area (Å²) in [5, 5.41) is 7.97. The van der Waals surface area contributed by atoms with Crippen molar-refractivity contribution in [3.63, 3.8) is 0 Å². The van der Waals surface area contributed by atoms with Gasteiger partial charge in [-0.2, -0.15) is 5.10 Å². The molecule has 3 aromatic heterocycles. The molecule has 0 spiro atoms. The molecule has 1 aliphatic rings. The van der Waals surface area contributed by atoms with E-state index < -0.39 is 0 Å². The largest absolute Gasteiger partial charge is 0.346 e. The second-order valence-electron chi connectivity index (χ2n) is 7.83. The van der Waals surface area contributed by atoms with E-state index in [4.69, 9.17) is 0 Å². The van der Waals surface area contributed by atoms with Gasteiger partial charge in [0.2, 0.25) is 0 Å². The van der Waals surface area contributed by atoms with Crippen LogP contribution in [0.1, 0.15) is 23.2 Å². The zero-order valence-corrected chi connectivity index (χ0v) is 16.5. The molecule has 152 valence electrons. The summed E-state index contributed by atoms with van der Waals surface area (Å²) in [5.41, 5.74) is 3.54. The van der Waals surface area contributed by atoms with Crippen molar-refractivity contribution in [1.29, 1.82) is 0 Å².